The van der Waals surface area contributed by atoms with E-state index in [9.17, 15) is 5.11 Å². The maximum Gasteiger partial charge on any atom is 0.124 e. The van der Waals surface area contributed by atoms with Crippen LogP contribution in [-0.2, 0) is 0 Å². The number of nitrogens with one attached hydrogen (secondary N) is 2. The van der Waals surface area contributed by atoms with Gasteiger partial charge >= 0.3 is 0 Å². The maximum atomic E-state index is 11.2. The SMILES string of the molecule is Oc1cc(-c2ccc(Nc3ccc4ccccc4c3)c(-c3cccc(C4=CC(Nc5ccccc5)CC(c5ccccc5)=C4)c3)c2)ccc1-c1ccccc1. The van der Waals surface area contributed by atoms with Gasteiger partial charge in [-0.15, -0.1) is 0 Å². The number of benzene rings is 8. The van der Waals surface area contributed by atoms with Gasteiger partial charge in [0.15, 0.2) is 0 Å². The molecule has 0 saturated carbocycles. The summed E-state index contributed by atoms with van der Waals surface area (Å²) in [6.07, 6.45) is 5.60. The first-order valence-corrected chi connectivity index (χ1v) is 18.8. The summed E-state index contributed by atoms with van der Waals surface area (Å²) in [5.41, 5.74) is 13.9. The fraction of sp³-hybridized carbons (Fsp3) is 0.0385. The molecule has 1 aliphatic carbocycles. The minimum Gasteiger partial charge on any atom is -0.507 e. The van der Waals surface area contributed by atoms with E-state index in [1.54, 1.807) is 0 Å². The summed E-state index contributed by atoms with van der Waals surface area (Å²) in [5, 5.41) is 21.1. The molecule has 0 heterocycles. The van der Waals surface area contributed by atoms with Crippen LogP contribution in [0.2, 0.25) is 0 Å². The lowest BCUT2D eigenvalue weighted by molar-refractivity contribution is 0.477. The highest BCUT2D eigenvalue weighted by atomic mass is 16.3. The second kappa shape index (κ2) is 15.1. The number of rotatable bonds is 9. The largest absolute Gasteiger partial charge is 0.507 e. The molecule has 0 fully saturated rings. The summed E-state index contributed by atoms with van der Waals surface area (Å²) in [6.45, 7) is 0. The van der Waals surface area contributed by atoms with Gasteiger partial charge in [-0.25, -0.2) is 0 Å². The smallest absolute Gasteiger partial charge is 0.124 e. The highest BCUT2D eigenvalue weighted by molar-refractivity contribution is 5.92. The zero-order valence-corrected chi connectivity index (χ0v) is 30.4. The molecule has 1 unspecified atom stereocenters. The quantitative estimate of drug-likeness (QED) is 0.140. The van der Waals surface area contributed by atoms with Gasteiger partial charge < -0.3 is 15.7 Å². The average Bonchev–Trinajstić information content (AvgIpc) is 3.24. The number of fused-ring (bicyclic) bond motifs is 1. The number of hydrogen-bond donors (Lipinski definition) is 3. The number of allylic oxidation sites excluding steroid dienone is 2. The number of para-hydroxylation sites is 1. The predicted molar refractivity (Wildman–Crippen MR) is 233 cm³/mol. The molecule has 1 atom stereocenters. The van der Waals surface area contributed by atoms with E-state index in [0.717, 1.165) is 62.4 Å². The van der Waals surface area contributed by atoms with Crippen LogP contribution in [0.25, 0.3) is 55.3 Å². The van der Waals surface area contributed by atoms with Gasteiger partial charge in [-0.1, -0.05) is 158 Å². The van der Waals surface area contributed by atoms with E-state index in [1.807, 2.05) is 42.5 Å². The van der Waals surface area contributed by atoms with Crippen molar-refractivity contribution in [3.05, 3.63) is 217 Å². The molecule has 8 aromatic rings. The normalized spacial score (nSPS) is 13.9. The van der Waals surface area contributed by atoms with Crippen LogP contribution in [0.1, 0.15) is 17.5 Å². The van der Waals surface area contributed by atoms with Gasteiger partial charge in [0.05, 0.1) is 0 Å². The van der Waals surface area contributed by atoms with E-state index < -0.39 is 0 Å². The summed E-state index contributed by atoms with van der Waals surface area (Å²) in [7, 11) is 0. The van der Waals surface area contributed by atoms with E-state index in [-0.39, 0.29) is 11.8 Å². The van der Waals surface area contributed by atoms with Crippen molar-refractivity contribution >= 4 is 39.0 Å². The van der Waals surface area contributed by atoms with Crippen molar-refractivity contribution in [1.29, 1.82) is 0 Å². The molecule has 3 nitrogen and oxygen atoms in total. The molecule has 55 heavy (non-hydrogen) atoms. The molecule has 0 amide bonds. The first-order chi connectivity index (χ1) is 27.1. The van der Waals surface area contributed by atoms with Crippen LogP contribution in [0.4, 0.5) is 17.1 Å². The minimum absolute atomic E-state index is 0.126. The first-order valence-electron chi connectivity index (χ1n) is 18.8. The van der Waals surface area contributed by atoms with Gasteiger partial charge in [0.2, 0.25) is 0 Å². The number of phenols is 1. The summed E-state index contributed by atoms with van der Waals surface area (Å²) in [5.74, 6) is 0.259. The van der Waals surface area contributed by atoms with Crippen LogP contribution in [0, 0.1) is 0 Å². The Hall–Kier alpha value is -7.10. The molecule has 8 aromatic carbocycles. The van der Waals surface area contributed by atoms with E-state index in [2.05, 4.69) is 174 Å². The Morgan fingerprint density at radius 1 is 0.436 bits per heavy atom. The van der Waals surface area contributed by atoms with Crippen LogP contribution in [-0.4, -0.2) is 11.1 Å². The van der Waals surface area contributed by atoms with Crippen LogP contribution < -0.4 is 10.6 Å². The molecule has 9 rings (SSSR count). The number of anilines is 3. The molecule has 3 heteroatoms. The van der Waals surface area contributed by atoms with E-state index in [0.29, 0.717) is 0 Å². The Labute approximate surface area is 322 Å². The molecular formula is C52H40N2O. The van der Waals surface area contributed by atoms with Gasteiger partial charge in [0.25, 0.3) is 0 Å². The van der Waals surface area contributed by atoms with E-state index in [1.165, 1.54) is 27.5 Å². The van der Waals surface area contributed by atoms with Gasteiger partial charge in [0, 0.05) is 34.2 Å². The van der Waals surface area contributed by atoms with Crippen molar-refractivity contribution in [3.8, 4) is 39.1 Å². The topological polar surface area (TPSA) is 44.3 Å². The Balaban J connectivity index is 1.13. The van der Waals surface area contributed by atoms with Crippen molar-refractivity contribution in [2.24, 2.45) is 0 Å². The standard InChI is InChI=1S/C52H40N2O/c55-52-35-42(24-27-49(52)38-16-6-2-7-17-38)41-25-28-51(54-47-26-23-37-15-10-11-18-40(37)31-47)50(34-41)43-20-12-19-39(29-43)45-30-44(36-13-4-1-5-14-36)32-48(33-45)53-46-21-8-3-9-22-46/h1-31,33-35,48,53-55H,32H2. The minimum atomic E-state index is 0.126. The maximum absolute atomic E-state index is 11.2. The molecule has 3 N–H and O–H groups in total. The van der Waals surface area contributed by atoms with Crippen molar-refractivity contribution in [2.75, 3.05) is 10.6 Å². The lowest BCUT2D eigenvalue weighted by Gasteiger charge is -2.25. The third-order valence-electron chi connectivity index (χ3n) is 10.4. The molecule has 264 valence electrons. The zero-order chi connectivity index (χ0) is 37.0. The summed E-state index contributed by atoms with van der Waals surface area (Å²) in [4.78, 5) is 0. The summed E-state index contributed by atoms with van der Waals surface area (Å²) in [6, 6.07) is 67.6. The lowest BCUT2D eigenvalue weighted by Crippen LogP contribution is -2.20. The fourth-order valence-electron chi connectivity index (χ4n) is 7.62. The third-order valence-corrected chi connectivity index (χ3v) is 10.4. The van der Waals surface area contributed by atoms with Crippen molar-refractivity contribution in [3.63, 3.8) is 0 Å². The van der Waals surface area contributed by atoms with E-state index >= 15 is 0 Å². The van der Waals surface area contributed by atoms with Crippen LogP contribution in [0.5, 0.6) is 5.75 Å². The highest BCUT2D eigenvalue weighted by Gasteiger charge is 2.19. The Bertz CT molecular complexity index is 2680. The van der Waals surface area contributed by atoms with Gasteiger partial charge in [-0.2, -0.15) is 0 Å². The van der Waals surface area contributed by atoms with Crippen LogP contribution in [0.3, 0.4) is 0 Å². The number of hydrogen-bond acceptors (Lipinski definition) is 3. The average molecular weight is 709 g/mol. The van der Waals surface area contributed by atoms with Crippen molar-refractivity contribution in [1.82, 2.24) is 0 Å². The Morgan fingerprint density at radius 3 is 1.87 bits per heavy atom. The number of phenolic OH excluding ortho intramolecular Hbond substituents is 1. The highest BCUT2D eigenvalue weighted by Crippen LogP contribution is 2.40. The molecule has 1 aliphatic rings. The van der Waals surface area contributed by atoms with Gasteiger partial charge in [-0.3, -0.25) is 0 Å². The second-order valence-electron chi connectivity index (χ2n) is 14.1. The molecule has 0 aromatic heterocycles. The Morgan fingerprint density at radius 2 is 1.09 bits per heavy atom. The molecule has 0 spiro atoms. The fourth-order valence-corrected chi connectivity index (χ4v) is 7.62. The molecule has 0 saturated heterocycles. The monoisotopic (exact) mass is 708 g/mol. The molecule has 0 bridgehead atoms. The van der Waals surface area contributed by atoms with Crippen LogP contribution >= 0.6 is 0 Å². The first kappa shape index (κ1) is 33.7. The van der Waals surface area contributed by atoms with Gasteiger partial charge in [0.1, 0.15) is 5.75 Å². The predicted octanol–water partition coefficient (Wildman–Crippen LogP) is 13.6. The second-order valence-corrected chi connectivity index (χ2v) is 14.1. The van der Waals surface area contributed by atoms with Gasteiger partial charge in [-0.05, 0) is 110 Å². The molecule has 0 aliphatic heterocycles. The van der Waals surface area contributed by atoms with Crippen molar-refractivity contribution in [2.45, 2.75) is 12.5 Å². The van der Waals surface area contributed by atoms with E-state index in [4.69, 9.17) is 0 Å². The Kier molecular flexibility index (Phi) is 9.26. The third kappa shape index (κ3) is 7.42. The summed E-state index contributed by atoms with van der Waals surface area (Å²) < 4.78 is 0. The number of aromatic hydroxyl groups is 1. The van der Waals surface area contributed by atoms with Crippen molar-refractivity contribution < 1.29 is 5.11 Å². The summed E-state index contributed by atoms with van der Waals surface area (Å²) >= 11 is 0. The molecular weight excluding hydrogens is 669 g/mol. The zero-order valence-electron chi connectivity index (χ0n) is 30.4. The lowest BCUT2D eigenvalue weighted by atomic mass is 9.87. The molecule has 0 radical (unpaired) electrons. The van der Waals surface area contributed by atoms with Crippen LogP contribution in [0.15, 0.2) is 206 Å².